The Hall–Kier alpha value is -2.63. The highest BCUT2D eigenvalue weighted by molar-refractivity contribution is 5.79. The van der Waals surface area contributed by atoms with Crippen molar-refractivity contribution in [3.63, 3.8) is 0 Å². The quantitative estimate of drug-likeness (QED) is 0.903. The van der Waals surface area contributed by atoms with E-state index >= 15 is 0 Å². The van der Waals surface area contributed by atoms with E-state index in [1.165, 1.54) is 5.56 Å². The third-order valence-corrected chi connectivity index (χ3v) is 4.70. The van der Waals surface area contributed by atoms with Gasteiger partial charge in [-0.2, -0.15) is 5.10 Å². The van der Waals surface area contributed by atoms with E-state index < -0.39 is 0 Å². The standard InChI is InChI=1S/C19H24N4O2/c1-15(24)22-11-7-18(8-12-22)19(25)20-13-16-3-5-17(6-4-16)14-23-10-2-9-21-23/h2-6,9-10,18H,7-8,11-14H2,1H3,(H,20,25). The van der Waals surface area contributed by atoms with Gasteiger partial charge in [0.05, 0.1) is 6.54 Å². The Kier molecular flexibility index (Phi) is 5.48. The van der Waals surface area contributed by atoms with Crippen molar-refractivity contribution in [1.29, 1.82) is 0 Å². The van der Waals surface area contributed by atoms with Crippen LogP contribution >= 0.6 is 0 Å². The molecular weight excluding hydrogens is 316 g/mol. The summed E-state index contributed by atoms with van der Waals surface area (Å²) < 4.78 is 1.88. The monoisotopic (exact) mass is 340 g/mol. The summed E-state index contributed by atoms with van der Waals surface area (Å²) in [5.74, 6) is 0.188. The molecule has 3 rings (SSSR count). The molecule has 0 atom stereocenters. The molecule has 0 saturated carbocycles. The molecule has 25 heavy (non-hydrogen) atoms. The smallest absolute Gasteiger partial charge is 0.223 e. The van der Waals surface area contributed by atoms with Crippen molar-refractivity contribution < 1.29 is 9.59 Å². The second-order valence-corrected chi connectivity index (χ2v) is 6.52. The Morgan fingerprint density at radius 3 is 2.44 bits per heavy atom. The number of likely N-dealkylation sites (tertiary alicyclic amines) is 1. The molecule has 1 aliphatic rings. The minimum atomic E-state index is 0.00897. The van der Waals surface area contributed by atoms with Crippen molar-refractivity contribution in [3.8, 4) is 0 Å². The summed E-state index contributed by atoms with van der Waals surface area (Å²) in [4.78, 5) is 25.4. The Morgan fingerprint density at radius 1 is 1.16 bits per heavy atom. The van der Waals surface area contributed by atoms with Crippen LogP contribution in [0.5, 0.6) is 0 Å². The average Bonchev–Trinajstić information content (AvgIpc) is 3.14. The molecular formula is C19H24N4O2. The number of rotatable bonds is 5. The highest BCUT2D eigenvalue weighted by atomic mass is 16.2. The second kappa shape index (κ2) is 7.96. The average molecular weight is 340 g/mol. The number of carbonyl (C=O) groups is 2. The van der Waals surface area contributed by atoms with Gasteiger partial charge in [-0.25, -0.2) is 0 Å². The zero-order valence-corrected chi connectivity index (χ0v) is 14.5. The van der Waals surface area contributed by atoms with E-state index in [1.54, 1.807) is 13.1 Å². The summed E-state index contributed by atoms with van der Waals surface area (Å²) in [5.41, 5.74) is 2.26. The number of nitrogens with one attached hydrogen (secondary N) is 1. The third-order valence-electron chi connectivity index (χ3n) is 4.70. The summed E-state index contributed by atoms with van der Waals surface area (Å²) in [6.07, 6.45) is 5.19. The molecule has 0 radical (unpaired) electrons. The lowest BCUT2D eigenvalue weighted by Gasteiger charge is -2.30. The summed E-state index contributed by atoms with van der Waals surface area (Å²) in [5, 5.41) is 7.21. The third kappa shape index (κ3) is 4.68. The van der Waals surface area contributed by atoms with Gasteiger partial charge >= 0.3 is 0 Å². The zero-order valence-electron chi connectivity index (χ0n) is 14.5. The maximum Gasteiger partial charge on any atom is 0.223 e. The number of nitrogens with zero attached hydrogens (tertiary/aromatic N) is 3. The Morgan fingerprint density at radius 2 is 1.84 bits per heavy atom. The van der Waals surface area contributed by atoms with E-state index in [0.29, 0.717) is 19.6 Å². The maximum absolute atomic E-state index is 12.3. The fraction of sp³-hybridized carbons (Fsp3) is 0.421. The van der Waals surface area contributed by atoms with E-state index in [-0.39, 0.29) is 17.7 Å². The predicted octanol–water partition coefficient (Wildman–Crippen LogP) is 1.81. The first-order chi connectivity index (χ1) is 12.1. The van der Waals surface area contributed by atoms with Crippen LogP contribution in [0.15, 0.2) is 42.7 Å². The van der Waals surface area contributed by atoms with Crippen molar-refractivity contribution in [1.82, 2.24) is 20.0 Å². The van der Waals surface area contributed by atoms with Crippen LogP contribution in [0, 0.1) is 5.92 Å². The molecule has 1 N–H and O–H groups in total. The number of amides is 2. The Balaban J connectivity index is 1.45. The van der Waals surface area contributed by atoms with Crippen molar-refractivity contribution in [2.45, 2.75) is 32.9 Å². The van der Waals surface area contributed by atoms with Gasteiger partial charge in [0.15, 0.2) is 0 Å². The van der Waals surface area contributed by atoms with Crippen molar-refractivity contribution in [3.05, 3.63) is 53.9 Å². The highest BCUT2D eigenvalue weighted by Crippen LogP contribution is 2.17. The molecule has 6 heteroatoms. The first-order valence-electron chi connectivity index (χ1n) is 8.70. The first kappa shape index (κ1) is 17.2. The van der Waals surface area contributed by atoms with Crippen LogP contribution < -0.4 is 5.32 Å². The van der Waals surface area contributed by atoms with E-state index in [0.717, 1.165) is 24.9 Å². The molecule has 2 aromatic rings. The van der Waals surface area contributed by atoms with Crippen molar-refractivity contribution in [2.24, 2.45) is 5.92 Å². The molecule has 0 bridgehead atoms. The molecule has 1 fully saturated rings. The van der Waals surface area contributed by atoms with Crippen molar-refractivity contribution in [2.75, 3.05) is 13.1 Å². The molecule has 2 amide bonds. The lowest BCUT2D eigenvalue weighted by atomic mass is 9.96. The number of piperidine rings is 1. The summed E-state index contributed by atoms with van der Waals surface area (Å²) in [6, 6.07) is 10.1. The van der Waals surface area contributed by atoms with E-state index in [2.05, 4.69) is 22.5 Å². The number of aromatic nitrogens is 2. The molecule has 0 unspecified atom stereocenters. The summed E-state index contributed by atoms with van der Waals surface area (Å²) in [7, 11) is 0. The molecule has 0 aliphatic carbocycles. The maximum atomic E-state index is 12.3. The minimum Gasteiger partial charge on any atom is -0.352 e. The molecule has 132 valence electrons. The van der Waals surface area contributed by atoms with Gasteiger partial charge in [-0.15, -0.1) is 0 Å². The molecule has 1 saturated heterocycles. The lowest BCUT2D eigenvalue weighted by molar-refractivity contribution is -0.134. The lowest BCUT2D eigenvalue weighted by Crippen LogP contribution is -2.42. The fourth-order valence-corrected chi connectivity index (χ4v) is 3.13. The van der Waals surface area contributed by atoms with E-state index in [4.69, 9.17) is 0 Å². The predicted molar refractivity (Wildman–Crippen MR) is 94.6 cm³/mol. The number of hydrogen-bond donors (Lipinski definition) is 1. The van der Waals surface area contributed by atoms with Crippen LogP contribution in [0.4, 0.5) is 0 Å². The van der Waals surface area contributed by atoms with Crippen LogP contribution in [0.1, 0.15) is 30.9 Å². The van der Waals surface area contributed by atoms with E-state index in [9.17, 15) is 9.59 Å². The topological polar surface area (TPSA) is 67.2 Å². The van der Waals surface area contributed by atoms with Crippen LogP contribution in [-0.4, -0.2) is 39.6 Å². The highest BCUT2D eigenvalue weighted by Gasteiger charge is 2.25. The largest absolute Gasteiger partial charge is 0.352 e. The van der Waals surface area contributed by atoms with Crippen LogP contribution in [0.3, 0.4) is 0 Å². The molecule has 1 aromatic heterocycles. The number of hydrogen-bond acceptors (Lipinski definition) is 3. The van der Waals surface area contributed by atoms with Crippen LogP contribution in [-0.2, 0) is 22.7 Å². The van der Waals surface area contributed by atoms with Crippen molar-refractivity contribution >= 4 is 11.8 Å². The van der Waals surface area contributed by atoms with Crippen LogP contribution in [0.2, 0.25) is 0 Å². The molecule has 1 aromatic carbocycles. The normalized spacial score (nSPS) is 15.2. The van der Waals surface area contributed by atoms with Crippen LogP contribution in [0.25, 0.3) is 0 Å². The van der Waals surface area contributed by atoms with Gasteiger partial charge in [0.2, 0.25) is 11.8 Å². The number of carbonyl (C=O) groups excluding carboxylic acids is 2. The molecule has 1 aliphatic heterocycles. The molecule has 2 heterocycles. The first-order valence-corrected chi connectivity index (χ1v) is 8.70. The summed E-state index contributed by atoms with van der Waals surface area (Å²) >= 11 is 0. The zero-order chi connectivity index (χ0) is 17.6. The van der Waals surface area contributed by atoms with Gasteiger partial charge in [0.25, 0.3) is 0 Å². The van der Waals surface area contributed by atoms with Gasteiger partial charge < -0.3 is 10.2 Å². The SMILES string of the molecule is CC(=O)N1CCC(C(=O)NCc2ccc(Cn3cccn3)cc2)CC1. The number of benzene rings is 1. The molecule has 0 spiro atoms. The van der Waals surface area contributed by atoms with Gasteiger partial charge in [-0.05, 0) is 30.0 Å². The van der Waals surface area contributed by atoms with E-state index in [1.807, 2.05) is 34.0 Å². The Bertz CT molecular complexity index is 702. The Labute approximate surface area is 147 Å². The minimum absolute atomic E-state index is 0.00897. The molecule has 6 nitrogen and oxygen atoms in total. The van der Waals surface area contributed by atoms with Gasteiger partial charge in [-0.3, -0.25) is 14.3 Å². The second-order valence-electron chi connectivity index (χ2n) is 6.52. The van der Waals surface area contributed by atoms with Gasteiger partial charge in [0, 0.05) is 44.9 Å². The van der Waals surface area contributed by atoms with Gasteiger partial charge in [0.1, 0.15) is 0 Å². The summed E-state index contributed by atoms with van der Waals surface area (Å²) in [6.45, 7) is 4.21. The van der Waals surface area contributed by atoms with Gasteiger partial charge in [-0.1, -0.05) is 24.3 Å². The fourth-order valence-electron chi connectivity index (χ4n) is 3.13.